The van der Waals surface area contributed by atoms with Crippen molar-refractivity contribution in [3.8, 4) is 17.2 Å². The monoisotopic (exact) mass is 366 g/mol. The Labute approximate surface area is 155 Å². The van der Waals surface area contributed by atoms with Crippen LogP contribution < -0.4 is 25.1 Å². The molecule has 0 fully saturated rings. The van der Waals surface area contributed by atoms with Crippen LogP contribution in [0.1, 0.15) is 5.56 Å². The molecule has 7 heteroatoms. The van der Waals surface area contributed by atoms with Gasteiger partial charge in [0.15, 0.2) is 18.1 Å². The lowest BCUT2D eigenvalue weighted by atomic mass is 10.2. The number of rotatable bonds is 5. The molecule has 1 aliphatic heterocycles. The van der Waals surface area contributed by atoms with Gasteiger partial charge in [0.25, 0.3) is 11.5 Å². The van der Waals surface area contributed by atoms with Crippen LogP contribution in [0.2, 0.25) is 0 Å². The van der Waals surface area contributed by atoms with E-state index in [1.54, 1.807) is 11.6 Å². The number of ether oxygens (including phenoxy) is 3. The summed E-state index contributed by atoms with van der Waals surface area (Å²) >= 11 is 0. The Morgan fingerprint density at radius 1 is 1.15 bits per heavy atom. The van der Waals surface area contributed by atoms with E-state index in [0.717, 1.165) is 16.5 Å². The number of para-hydroxylation sites is 1. The lowest BCUT2D eigenvalue weighted by Gasteiger charge is -2.12. The van der Waals surface area contributed by atoms with Gasteiger partial charge in [-0.3, -0.25) is 9.59 Å². The summed E-state index contributed by atoms with van der Waals surface area (Å²) in [5.74, 6) is 1.49. The van der Waals surface area contributed by atoms with Crippen molar-refractivity contribution in [2.45, 2.75) is 6.54 Å². The maximum atomic E-state index is 12.1. The molecule has 1 aliphatic rings. The molecule has 0 bridgehead atoms. The largest absolute Gasteiger partial charge is 0.483 e. The fraction of sp³-hybridized carbons (Fsp3) is 0.200. The summed E-state index contributed by atoms with van der Waals surface area (Å²) in [7, 11) is 1.70. The van der Waals surface area contributed by atoms with E-state index in [2.05, 4.69) is 5.32 Å². The zero-order chi connectivity index (χ0) is 18.8. The maximum absolute atomic E-state index is 12.1. The first-order valence-electron chi connectivity index (χ1n) is 8.48. The average molecular weight is 366 g/mol. The molecule has 1 aromatic heterocycles. The van der Waals surface area contributed by atoms with Gasteiger partial charge in [-0.2, -0.15) is 0 Å². The van der Waals surface area contributed by atoms with Crippen molar-refractivity contribution >= 4 is 16.8 Å². The number of hydrogen-bond acceptors (Lipinski definition) is 5. The van der Waals surface area contributed by atoms with Crippen molar-refractivity contribution in [2.24, 2.45) is 7.05 Å². The predicted molar refractivity (Wildman–Crippen MR) is 99.1 cm³/mol. The minimum Gasteiger partial charge on any atom is -0.483 e. The summed E-state index contributed by atoms with van der Waals surface area (Å²) in [5.41, 5.74) is 1.46. The van der Waals surface area contributed by atoms with Crippen molar-refractivity contribution in [2.75, 3.05) is 13.4 Å². The molecule has 1 N–H and O–H groups in total. The van der Waals surface area contributed by atoms with Crippen LogP contribution in [-0.2, 0) is 18.4 Å². The summed E-state index contributed by atoms with van der Waals surface area (Å²) in [4.78, 5) is 24.2. The van der Waals surface area contributed by atoms with E-state index < -0.39 is 0 Å². The van der Waals surface area contributed by atoms with E-state index >= 15 is 0 Å². The molecule has 1 amide bonds. The first-order valence-corrected chi connectivity index (χ1v) is 8.48. The van der Waals surface area contributed by atoms with E-state index in [-0.39, 0.29) is 24.9 Å². The number of fused-ring (bicyclic) bond motifs is 2. The number of nitrogens with zero attached hydrogens (tertiary/aromatic N) is 1. The van der Waals surface area contributed by atoms with E-state index in [4.69, 9.17) is 14.2 Å². The van der Waals surface area contributed by atoms with Crippen LogP contribution in [0, 0.1) is 0 Å². The Morgan fingerprint density at radius 3 is 2.85 bits per heavy atom. The highest BCUT2D eigenvalue weighted by atomic mass is 16.7. The molecule has 0 radical (unpaired) electrons. The van der Waals surface area contributed by atoms with Gasteiger partial charge >= 0.3 is 0 Å². The molecule has 27 heavy (non-hydrogen) atoms. The van der Waals surface area contributed by atoms with Crippen molar-refractivity contribution < 1.29 is 19.0 Å². The molecule has 0 saturated carbocycles. The van der Waals surface area contributed by atoms with E-state index in [9.17, 15) is 9.59 Å². The summed E-state index contributed by atoms with van der Waals surface area (Å²) in [6.07, 6.45) is 0. The minimum absolute atomic E-state index is 0.179. The number of hydrogen-bond donors (Lipinski definition) is 1. The molecule has 4 rings (SSSR count). The fourth-order valence-corrected chi connectivity index (χ4v) is 2.95. The molecule has 7 nitrogen and oxygen atoms in total. The van der Waals surface area contributed by atoms with Crippen molar-refractivity contribution in [3.63, 3.8) is 0 Å². The van der Waals surface area contributed by atoms with Crippen molar-refractivity contribution in [1.82, 2.24) is 9.88 Å². The minimum atomic E-state index is -0.280. The second kappa shape index (κ2) is 7.03. The third-order valence-electron chi connectivity index (χ3n) is 4.40. The van der Waals surface area contributed by atoms with Gasteiger partial charge in [-0.1, -0.05) is 18.2 Å². The van der Waals surface area contributed by atoms with Crippen molar-refractivity contribution in [3.05, 3.63) is 64.4 Å². The summed E-state index contributed by atoms with van der Waals surface area (Å²) in [5, 5.41) is 3.57. The number of carbonyl (C=O) groups is 1. The number of amides is 1. The molecule has 3 aromatic rings. The Bertz CT molecular complexity index is 1070. The first kappa shape index (κ1) is 17.0. The molecule has 0 atom stereocenters. The van der Waals surface area contributed by atoms with Crippen LogP contribution in [0.15, 0.2) is 53.3 Å². The highest BCUT2D eigenvalue weighted by molar-refractivity contribution is 5.86. The SMILES string of the molecule is Cn1c(=O)cc(OCC(=O)NCc2ccc3c(c2)OCO3)c2ccccc21. The molecule has 0 saturated heterocycles. The zero-order valence-electron chi connectivity index (χ0n) is 14.7. The number of nitrogens with one attached hydrogen (secondary N) is 1. The quantitative estimate of drug-likeness (QED) is 0.747. The molecular weight excluding hydrogens is 348 g/mol. The topological polar surface area (TPSA) is 78.8 Å². The lowest BCUT2D eigenvalue weighted by molar-refractivity contribution is -0.123. The van der Waals surface area contributed by atoms with Gasteiger partial charge in [-0.15, -0.1) is 0 Å². The second-order valence-corrected chi connectivity index (χ2v) is 6.18. The van der Waals surface area contributed by atoms with Crippen LogP contribution in [-0.4, -0.2) is 23.9 Å². The van der Waals surface area contributed by atoms with Gasteiger partial charge in [0.05, 0.1) is 5.52 Å². The van der Waals surface area contributed by atoms with E-state index in [1.807, 2.05) is 42.5 Å². The smallest absolute Gasteiger partial charge is 0.258 e. The summed E-state index contributed by atoms with van der Waals surface area (Å²) in [6.45, 7) is 0.376. The number of aryl methyl sites for hydroxylation is 1. The average Bonchev–Trinajstić information content (AvgIpc) is 3.16. The van der Waals surface area contributed by atoms with E-state index in [1.165, 1.54) is 6.07 Å². The molecule has 0 spiro atoms. The van der Waals surface area contributed by atoms with Crippen LogP contribution in [0.25, 0.3) is 10.9 Å². The number of aromatic nitrogens is 1. The third kappa shape index (κ3) is 3.44. The van der Waals surface area contributed by atoms with Gasteiger partial charge < -0.3 is 24.1 Å². The standard InChI is InChI=1S/C20H18N2O5/c1-22-15-5-3-2-4-14(15)17(9-20(22)24)25-11-19(23)21-10-13-6-7-16-18(8-13)27-12-26-16/h2-9H,10-12H2,1H3,(H,21,23). The normalized spacial score (nSPS) is 12.2. The van der Waals surface area contributed by atoms with Gasteiger partial charge in [0, 0.05) is 25.0 Å². The summed E-state index contributed by atoms with van der Waals surface area (Å²) in [6, 6.07) is 14.3. The molecule has 2 aromatic carbocycles. The molecular formula is C20H18N2O5. The van der Waals surface area contributed by atoms with Crippen LogP contribution in [0.5, 0.6) is 17.2 Å². The maximum Gasteiger partial charge on any atom is 0.258 e. The number of benzene rings is 2. The van der Waals surface area contributed by atoms with Crippen LogP contribution in [0.3, 0.4) is 0 Å². The fourth-order valence-electron chi connectivity index (χ4n) is 2.95. The molecule has 2 heterocycles. The van der Waals surface area contributed by atoms with Gasteiger partial charge in [-0.05, 0) is 29.8 Å². The first-order chi connectivity index (χ1) is 13.1. The van der Waals surface area contributed by atoms with Gasteiger partial charge in [0.2, 0.25) is 6.79 Å². The Kier molecular flexibility index (Phi) is 4.42. The predicted octanol–water partition coefficient (Wildman–Crippen LogP) is 1.96. The Balaban J connectivity index is 1.40. The number of carbonyl (C=O) groups excluding carboxylic acids is 1. The van der Waals surface area contributed by atoms with Gasteiger partial charge in [-0.25, -0.2) is 0 Å². The third-order valence-corrected chi connectivity index (χ3v) is 4.40. The zero-order valence-corrected chi connectivity index (χ0v) is 14.7. The van der Waals surface area contributed by atoms with Crippen LogP contribution >= 0.6 is 0 Å². The molecule has 0 unspecified atom stereocenters. The molecule has 138 valence electrons. The Morgan fingerprint density at radius 2 is 1.96 bits per heavy atom. The van der Waals surface area contributed by atoms with E-state index in [0.29, 0.717) is 23.8 Å². The van der Waals surface area contributed by atoms with Gasteiger partial charge in [0.1, 0.15) is 5.75 Å². The Hall–Kier alpha value is -3.48. The second-order valence-electron chi connectivity index (χ2n) is 6.18. The highest BCUT2D eigenvalue weighted by Crippen LogP contribution is 2.32. The van der Waals surface area contributed by atoms with Crippen molar-refractivity contribution in [1.29, 1.82) is 0 Å². The lowest BCUT2D eigenvalue weighted by Crippen LogP contribution is -2.28. The highest BCUT2D eigenvalue weighted by Gasteiger charge is 2.14. The summed E-state index contributed by atoms with van der Waals surface area (Å²) < 4.78 is 17.7. The number of pyridine rings is 1. The molecule has 0 aliphatic carbocycles. The van der Waals surface area contributed by atoms with Crippen LogP contribution in [0.4, 0.5) is 0 Å².